The molecule has 1 fully saturated rings. The van der Waals surface area contributed by atoms with Crippen molar-refractivity contribution in [1.82, 2.24) is 4.57 Å². The van der Waals surface area contributed by atoms with Gasteiger partial charge in [-0.15, -0.1) is 0 Å². The van der Waals surface area contributed by atoms with Crippen molar-refractivity contribution in [3.8, 4) is 0 Å². The van der Waals surface area contributed by atoms with Gasteiger partial charge in [-0.05, 0) is 49.2 Å². The predicted molar refractivity (Wildman–Crippen MR) is 118 cm³/mol. The first-order chi connectivity index (χ1) is 13.7. The molecule has 5 nitrogen and oxygen atoms in total. The minimum atomic E-state index is -2.98. The lowest BCUT2D eigenvalue weighted by Gasteiger charge is -2.19. The highest BCUT2D eigenvalue weighted by Crippen LogP contribution is 2.29. The second kappa shape index (κ2) is 7.34. The van der Waals surface area contributed by atoms with E-state index in [0.717, 1.165) is 22.5 Å². The fourth-order valence-electron chi connectivity index (χ4n) is 4.41. The van der Waals surface area contributed by atoms with Gasteiger partial charge in [-0.25, -0.2) is 8.42 Å². The highest BCUT2D eigenvalue weighted by atomic mass is 32.2. The predicted octanol–water partition coefficient (Wildman–Crippen LogP) is 3.94. The van der Waals surface area contributed by atoms with E-state index < -0.39 is 9.84 Å². The Hall–Kier alpha value is -2.60. The zero-order valence-electron chi connectivity index (χ0n) is 17.1. The van der Waals surface area contributed by atoms with Crippen LogP contribution in [0.25, 0.3) is 10.8 Å². The Bertz CT molecular complexity index is 1190. The smallest absolute Gasteiger partial charge is 0.183 e. The largest absolute Gasteiger partial charge is 0.367 e. The normalized spacial score (nSPS) is 18.2. The molecule has 1 aliphatic heterocycles. The zero-order valence-corrected chi connectivity index (χ0v) is 17.9. The molecule has 29 heavy (non-hydrogen) atoms. The Balaban J connectivity index is 1.56. The first-order valence-corrected chi connectivity index (χ1v) is 11.7. The molecule has 1 atom stereocenters. The Morgan fingerprint density at radius 3 is 2.52 bits per heavy atom. The highest BCUT2D eigenvalue weighted by molar-refractivity contribution is 7.91. The van der Waals surface area contributed by atoms with E-state index in [1.165, 1.54) is 5.39 Å². The number of carbonyl (C=O) groups excluding carboxylic acids is 1. The molecule has 1 aromatic heterocycles. The molecule has 2 aromatic carbocycles. The number of anilines is 1. The molecule has 0 aliphatic carbocycles. The monoisotopic (exact) mass is 410 g/mol. The van der Waals surface area contributed by atoms with Gasteiger partial charge in [0.2, 0.25) is 0 Å². The van der Waals surface area contributed by atoms with Crippen molar-refractivity contribution < 1.29 is 13.2 Å². The summed E-state index contributed by atoms with van der Waals surface area (Å²) in [7, 11) is -1.05. The molecule has 0 saturated carbocycles. The molecule has 0 N–H and O–H groups in total. The number of rotatable bonds is 5. The number of likely N-dealkylation sites (N-methyl/N-ethyl adjacent to an activating group) is 1. The molecule has 6 heteroatoms. The van der Waals surface area contributed by atoms with Crippen molar-refractivity contribution in [2.75, 3.05) is 30.0 Å². The number of carbonyl (C=O) groups is 1. The average molecular weight is 411 g/mol. The van der Waals surface area contributed by atoms with Gasteiger partial charge in [-0.2, -0.15) is 0 Å². The summed E-state index contributed by atoms with van der Waals surface area (Å²) in [5, 5.41) is 2.32. The first kappa shape index (κ1) is 19.7. The maximum absolute atomic E-state index is 13.0. The van der Waals surface area contributed by atoms with Crippen LogP contribution >= 0.6 is 0 Å². The third-order valence-corrected chi connectivity index (χ3v) is 7.66. The number of nitrogens with zero attached hydrogens (tertiary/aromatic N) is 2. The number of fused-ring (bicyclic) bond motifs is 1. The number of benzene rings is 2. The fraction of sp³-hybridized carbons (Fsp3) is 0.348. The van der Waals surface area contributed by atoms with Crippen LogP contribution in [0.5, 0.6) is 0 Å². The summed E-state index contributed by atoms with van der Waals surface area (Å²) in [4.78, 5) is 15.0. The van der Waals surface area contributed by atoms with Crippen LogP contribution in [0.4, 0.5) is 5.69 Å². The van der Waals surface area contributed by atoms with E-state index in [0.29, 0.717) is 12.0 Å². The average Bonchev–Trinajstić information content (AvgIpc) is 3.19. The van der Waals surface area contributed by atoms with E-state index in [9.17, 15) is 13.2 Å². The van der Waals surface area contributed by atoms with Crippen molar-refractivity contribution in [3.05, 3.63) is 65.5 Å². The Morgan fingerprint density at radius 1 is 1.10 bits per heavy atom. The number of aromatic nitrogens is 1. The summed E-state index contributed by atoms with van der Waals surface area (Å²) < 4.78 is 25.8. The highest BCUT2D eigenvalue weighted by Gasteiger charge is 2.31. The number of ketones is 1. The number of sulfone groups is 1. The molecule has 0 amide bonds. The molecule has 0 unspecified atom stereocenters. The summed E-state index contributed by atoms with van der Waals surface area (Å²) in [5.41, 5.74) is 3.48. The summed E-state index contributed by atoms with van der Waals surface area (Å²) in [6, 6.07) is 16.2. The lowest BCUT2D eigenvalue weighted by Crippen LogP contribution is -2.26. The summed E-state index contributed by atoms with van der Waals surface area (Å²) >= 11 is 0. The third kappa shape index (κ3) is 3.81. The number of hydrogen-bond acceptors (Lipinski definition) is 4. The molecule has 0 spiro atoms. The Morgan fingerprint density at radius 2 is 1.83 bits per heavy atom. The van der Waals surface area contributed by atoms with E-state index in [2.05, 4.69) is 24.3 Å². The van der Waals surface area contributed by atoms with E-state index in [-0.39, 0.29) is 29.9 Å². The van der Waals surface area contributed by atoms with Gasteiger partial charge in [0, 0.05) is 35.7 Å². The van der Waals surface area contributed by atoms with Gasteiger partial charge in [0.25, 0.3) is 0 Å². The van der Waals surface area contributed by atoms with E-state index in [1.807, 2.05) is 54.6 Å². The number of Topliss-reactive ketones (excluding diaryl/α,β-unsaturated/α-hetero) is 1. The quantitative estimate of drug-likeness (QED) is 0.598. The molecule has 152 valence electrons. The van der Waals surface area contributed by atoms with Gasteiger partial charge in [0.1, 0.15) is 0 Å². The van der Waals surface area contributed by atoms with Crippen LogP contribution in [-0.4, -0.2) is 43.9 Å². The van der Waals surface area contributed by atoms with Crippen LogP contribution in [0, 0.1) is 13.8 Å². The lowest BCUT2D eigenvalue weighted by molar-refractivity contribution is 0.0999. The van der Waals surface area contributed by atoms with Crippen LogP contribution in [0.3, 0.4) is 0 Å². The van der Waals surface area contributed by atoms with Crippen molar-refractivity contribution in [1.29, 1.82) is 0 Å². The van der Waals surface area contributed by atoms with Crippen molar-refractivity contribution in [2.24, 2.45) is 0 Å². The molecule has 0 bridgehead atoms. The van der Waals surface area contributed by atoms with Gasteiger partial charge in [-0.3, -0.25) is 4.79 Å². The molecule has 4 rings (SSSR count). The van der Waals surface area contributed by atoms with Gasteiger partial charge >= 0.3 is 0 Å². The van der Waals surface area contributed by atoms with Gasteiger partial charge < -0.3 is 9.47 Å². The zero-order chi connectivity index (χ0) is 20.8. The Kier molecular flexibility index (Phi) is 4.99. The lowest BCUT2D eigenvalue weighted by atomic mass is 10.1. The number of aryl methyl sites for hydroxylation is 1. The van der Waals surface area contributed by atoms with E-state index >= 15 is 0 Å². The topological polar surface area (TPSA) is 59.4 Å². The van der Waals surface area contributed by atoms with Crippen molar-refractivity contribution >= 4 is 32.1 Å². The maximum atomic E-state index is 13.0. The second-order valence-corrected chi connectivity index (χ2v) is 10.3. The molecule has 1 saturated heterocycles. The van der Waals surface area contributed by atoms with Crippen LogP contribution in [0.15, 0.2) is 48.5 Å². The van der Waals surface area contributed by atoms with Crippen molar-refractivity contribution in [3.63, 3.8) is 0 Å². The minimum absolute atomic E-state index is 0.0425. The second-order valence-electron chi connectivity index (χ2n) is 8.02. The van der Waals surface area contributed by atoms with E-state index in [1.54, 1.807) is 0 Å². The molecule has 0 radical (unpaired) electrons. The van der Waals surface area contributed by atoms with Crippen LogP contribution in [0.2, 0.25) is 0 Å². The molecular weight excluding hydrogens is 384 g/mol. The summed E-state index contributed by atoms with van der Waals surface area (Å²) in [6.45, 7) is 4.13. The summed E-state index contributed by atoms with van der Waals surface area (Å²) in [5.74, 6) is 0.428. The van der Waals surface area contributed by atoms with E-state index in [4.69, 9.17) is 0 Å². The third-order valence-electron chi connectivity index (χ3n) is 5.91. The van der Waals surface area contributed by atoms with Gasteiger partial charge in [-0.1, -0.05) is 30.3 Å². The minimum Gasteiger partial charge on any atom is -0.367 e. The Labute approximate surface area is 171 Å². The van der Waals surface area contributed by atoms with Gasteiger partial charge in [0.15, 0.2) is 15.6 Å². The molecule has 2 heterocycles. The van der Waals surface area contributed by atoms with Crippen LogP contribution in [-0.2, 0) is 9.84 Å². The maximum Gasteiger partial charge on any atom is 0.183 e. The molecule has 1 aliphatic rings. The fourth-order valence-corrected chi connectivity index (χ4v) is 6.11. The summed E-state index contributed by atoms with van der Waals surface area (Å²) in [6.07, 6.45) is 0.614. The van der Waals surface area contributed by atoms with Crippen LogP contribution < -0.4 is 4.90 Å². The first-order valence-electron chi connectivity index (χ1n) is 9.87. The van der Waals surface area contributed by atoms with Crippen LogP contribution in [0.1, 0.15) is 34.2 Å². The SMILES string of the molecule is Cc1cc(C(=O)CN(C)c2ccc3ccccc3c2)c(C)n1[C@@H]1CCS(=O)(=O)C1. The standard InChI is InChI=1S/C23H26N2O3S/c1-16-12-22(17(2)25(16)21-10-11-29(27,28)15-21)23(26)14-24(3)20-9-8-18-6-4-5-7-19(18)13-20/h4-9,12-13,21H,10-11,14-15H2,1-3H3/t21-/m1/s1. The molecular formula is C23H26N2O3S. The van der Waals surface area contributed by atoms with Crippen molar-refractivity contribution in [2.45, 2.75) is 26.3 Å². The molecule has 3 aromatic rings. The van der Waals surface area contributed by atoms with Gasteiger partial charge in [0.05, 0.1) is 18.1 Å². The number of hydrogen-bond donors (Lipinski definition) is 0.